The van der Waals surface area contributed by atoms with Crippen LogP contribution in [0.2, 0.25) is 0 Å². The number of hydrogen-bond acceptors (Lipinski definition) is 5. The molecule has 0 bridgehead atoms. The van der Waals surface area contributed by atoms with Gasteiger partial charge >= 0.3 is 0 Å². The predicted molar refractivity (Wildman–Crippen MR) is 97.8 cm³/mol. The Morgan fingerprint density at radius 2 is 2.12 bits per heavy atom. The lowest BCUT2D eigenvalue weighted by Crippen LogP contribution is -2.22. The van der Waals surface area contributed by atoms with Crippen LogP contribution in [0.3, 0.4) is 0 Å². The molecule has 0 saturated heterocycles. The molecule has 0 saturated carbocycles. The first kappa shape index (κ1) is 16.7. The number of aliphatic carboxylic acids is 1. The van der Waals surface area contributed by atoms with Crippen molar-refractivity contribution in [1.29, 1.82) is 0 Å². The second kappa shape index (κ2) is 7.15. The van der Waals surface area contributed by atoms with Crippen molar-refractivity contribution in [3.05, 3.63) is 57.5 Å². The number of para-hydroxylation sites is 1. The van der Waals surface area contributed by atoms with E-state index in [9.17, 15) is 9.90 Å². The summed E-state index contributed by atoms with van der Waals surface area (Å²) in [6.07, 6.45) is 1.63. The number of carbonyl (C=O) groups is 1. The minimum Gasteiger partial charge on any atom is -0.550 e. The summed E-state index contributed by atoms with van der Waals surface area (Å²) in [6, 6.07) is 13.3. The highest BCUT2D eigenvalue weighted by Crippen LogP contribution is 2.32. The fourth-order valence-electron chi connectivity index (χ4n) is 2.33. The quantitative estimate of drug-likeness (QED) is 0.651. The second-order valence-electron chi connectivity index (χ2n) is 5.10. The number of methoxy groups -OCH3 is 1. The molecule has 0 fully saturated rings. The zero-order chi connectivity index (χ0) is 17.1. The first-order valence-corrected chi connectivity index (χ1v) is 8.77. The number of thiazole rings is 1. The van der Waals surface area contributed by atoms with Crippen molar-refractivity contribution in [3.63, 3.8) is 0 Å². The average Bonchev–Trinajstić information content (AvgIpc) is 2.98. The van der Waals surface area contributed by atoms with E-state index in [1.54, 1.807) is 7.11 Å². The minimum absolute atomic E-state index is 0.191. The number of carboxylic acid groups (broad SMARTS) is 1. The standard InChI is InChI=1S/C18H14BrNO3S/c1-23-15-7-6-11(9-13(15)19)8-12(10-17(21)22)18-20-14-4-2-3-5-16(14)24-18/h2-9H,10H2,1H3,(H,21,22)/p-1/b12-8+. The monoisotopic (exact) mass is 402 g/mol. The van der Waals surface area contributed by atoms with Crippen molar-refractivity contribution in [1.82, 2.24) is 4.98 Å². The molecule has 4 nitrogen and oxygen atoms in total. The van der Waals surface area contributed by atoms with Crippen LogP contribution in [0.25, 0.3) is 21.9 Å². The Bertz CT molecular complexity index is 900. The van der Waals surface area contributed by atoms with Gasteiger partial charge in [0.25, 0.3) is 0 Å². The minimum atomic E-state index is -1.13. The molecule has 1 aromatic heterocycles. The number of benzene rings is 2. The molecule has 1 heterocycles. The van der Waals surface area contributed by atoms with Gasteiger partial charge < -0.3 is 14.6 Å². The number of nitrogens with zero attached hydrogens (tertiary/aromatic N) is 1. The van der Waals surface area contributed by atoms with Crippen LogP contribution < -0.4 is 9.84 Å². The molecule has 24 heavy (non-hydrogen) atoms. The van der Waals surface area contributed by atoms with E-state index in [4.69, 9.17) is 4.74 Å². The van der Waals surface area contributed by atoms with Crippen molar-refractivity contribution in [2.24, 2.45) is 0 Å². The van der Waals surface area contributed by atoms with Crippen molar-refractivity contribution in [2.75, 3.05) is 7.11 Å². The van der Waals surface area contributed by atoms with Gasteiger partial charge in [-0.1, -0.05) is 18.2 Å². The van der Waals surface area contributed by atoms with Crippen molar-refractivity contribution in [3.8, 4) is 5.75 Å². The summed E-state index contributed by atoms with van der Waals surface area (Å²) >= 11 is 4.91. The van der Waals surface area contributed by atoms with Gasteiger partial charge in [0.2, 0.25) is 0 Å². The first-order valence-electron chi connectivity index (χ1n) is 7.16. The summed E-state index contributed by atoms with van der Waals surface area (Å²) in [7, 11) is 1.60. The Morgan fingerprint density at radius 1 is 1.33 bits per heavy atom. The van der Waals surface area contributed by atoms with Crippen LogP contribution in [0.1, 0.15) is 17.0 Å². The molecule has 3 aromatic rings. The van der Waals surface area contributed by atoms with Crippen molar-refractivity contribution < 1.29 is 14.6 Å². The molecule has 0 unspecified atom stereocenters. The van der Waals surface area contributed by atoms with Gasteiger partial charge in [-0.05, 0) is 57.4 Å². The van der Waals surface area contributed by atoms with E-state index in [0.717, 1.165) is 20.3 Å². The third-order valence-electron chi connectivity index (χ3n) is 3.42. The Labute approximate surface area is 151 Å². The van der Waals surface area contributed by atoms with E-state index >= 15 is 0 Å². The van der Waals surface area contributed by atoms with E-state index in [1.165, 1.54) is 11.3 Å². The van der Waals surface area contributed by atoms with Crippen LogP contribution in [-0.2, 0) is 4.79 Å². The van der Waals surface area contributed by atoms with Gasteiger partial charge in [-0.2, -0.15) is 0 Å². The van der Waals surface area contributed by atoms with Crippen LogP contribution in [0.4, 0.5) is 0 Å². The molecule has 0 radical (unpaired) electrons. The summed E-state index contributed by atoms with van der Waals surface area (Å²) in [4.78, 5) is 15.7. The summed E-state index contributed by atoms with van der Waals surface area (Å²) < 4.78 is 7.03. The maximum atomic E-state index is 11.2. The lowest BCUT2D eigenvalue weighted by atomic mass is 10.1. The number of rotatable bonds is 5. The fraction of sp³-hybridized carbons (Fsp3) is 0.111. The molecule has 0 spiro atoms. The molecule has 0 atom stereocenters. The van der Waals surface area contributed by atoms with Gasteiger partial charge in [0.1, 0.15) is 10.8 Å². The highest BCUT2D eigenvalue weighted by molar-refractivity contribution is 9.10. The molecule has 0 N–H and O–H groups in total. The van der Waals surface area contributed by atoms with Crippen LogP contribution in [0.15, 0.2) is 46.9 Å². The molecule has 0 amide bonds. The zero-order valence-corrected chi connectivity index (χ0v) is 15.2. The normalized spacial score (nSPS) is 11.7. The molecule has 122 valence electrons. The summed E-state index contributed by atoms with van der Waals surface area (Å²) in [5.74, 6) is -0.415. The zero-order valence-electron chi connectivity index (χ0n) is 12.8. The van der Waals surface area contributed by atoms with Gasteiger partial charge in [0, 0.05) is 12.4 Å². The first-order chi connectivity index (χ1) is 11.6. The third kappa shape index (κ3) is 3.66. The maximum Gasteiger partial charge on any atom is 0.133 e. The number of hydrogen-bond donors (Lipinski definition) is 0. The van der Waals surface area contributed by atoms with Gasteiger partial charge in [-0.25, -0.2) is 4.98 Å². The molecular weight excluding hydrogens is 390 g/mol. The summed E-state index contributed by atoms with van der Waals surface area (Å²) in [6.45, 7) is 0. The van der Waals surface area contributed by atoms with E-state index < -0.39 is 5.97 Å². The predicted octanol–water partition coefficient (Wildman–Crippen LogP) is 3.75. The highest BCUT2D eigenvalue weighted by Gasteiger charge is 2.10. The van der Waals surface area contributed by atoms with Gasteiger partial charge in [0.15, 0.2) is 0 Å². The average molecular weight is 403 g/mol. The maximum absolute atomic E-state index is 11.2. The van der Waals surface area contributed by atoms with E-state index in [1.807, 2.05) is 48.5 Å². The Balaban J connectivity index is 2.05. The number of carboxylic acids is 1. The lowest BCUT2D eigenvalue weighted by Gasteiger charge is -2.07. The van der Waals surface area contributed by atoms with Gasteiger partial charge in [-0.15, -0.1) is 11.3 Å². The molecule has 0 aliphatic heterocycles. The van der Waals surface area contributed by atoms with E-state index in [0.29, 0.717) is 16.3 Å². The number of aromatic nitrogens is 1. The Kier molecular flexibility index (Phi) is 4.97. The van der Waals surface area contributed by atoms with E-state index in [-0.39, 0.29) is 6.42 Å². The largest absolute Gasteiger partial charge is 0.550 e. The van der Waals surface area contributed by atoms with Crippen LogP contribution >= 0.6 is 27.3 Å². The Morgan fingerprint density at radius 3 is 2.79 bits per heavy atom. The fourth-order valence-corrected chi connectivity index (χ4v) is 3.86. The molecule has 2 aromatic carbocycles. The highest BCUT2D eigenvalue weighted by atomic mass is 79.9. The van der Waals surface area contributed by atoms with Crippen molar-refractivity contribution >= 4 is 55.1 Å². The second-order valence-corrected chi connectivity index (χ2v) is 6.98. The molecule has 6 heteroatoms. The van der Waals surface area contributed by atoms with Gasteiger partial charge in [0.05, 0.1) is 21.8 Å². The smallest absolute Gasteiger partial charge is 0.133 e. The molecule has 0 aliphatic rings. The summed E-state index contributed by atoms with van der Waals surface area (Å²) in [5, 5.41) is 11.8. The Hall–Kier alpha value is -2.18. The molecule has 0 aliphatic carbocycles. The molecular formula is C18H13BrNO3S-. The summed E-state index contributed by atoms with van der Waals surface area (Å²) in [5.41, 5.74) is 2.34. The molecule has 3 rings (SSSR count). The van der Waals surface area contributed by atoms with Gasteiger partial charge in [-0.3, -0.25) is 0 Å². The van der Waals surface area contributed by atoms with Crippen molar-refractivity contribution in [2.45, 2.75) is 6.42 Å². The number of halogens is 1. The SMILES string of the molecule is COc1ccc(/C=C(\CC(=O)[O-])c2nc3ccccc3s2)cc1Br. The topological polar surface area (TPSA) is 62.2 Å². The number of fused-ring (bicyclic) bond motifs is 1. The third-order valence-corrected chi connectivity index (χ3v) is 5.15. The van der Waals surface area contributed by atoms with E-state index in [2.05, 4.69) is 20.9 Å². The van der Waals surface area contributed by atoms with Crippen LogP contribution in [0, 0.1) is 0 Å². The van der Waals surface area contributed by atoms with Crippen LogP contribution in [0.5, 0.6) is 5.75 Å². The lowest BCUT2D eigenvalue weighted by molar-refractivity contribution is -0.304. The number of carbonyl (C=O) groups excluding carboxylic acids is 1. The number of ether oxygens (including phenoxy) is 1. The van der Waals surface area contributed by atoms with Crippen LogP contribution in [-0.4, -0.2) is 18.1 Å².